The van der Waals surface area contributed by atoms with Gasteiger partial charge in [0.15, 0.2) is 0 Å². The average molecular weight is 219 g/mol. The Morgan fingerprint density at radius 3 is 2.69 bits per heavy atom. The highest BCUT2D eigenvalue weighted by molar-refractivity contribution is 5.70. The third-order valence-electron chi connectivity index (χ3n) is 2.89. The van der Waals surface area contributed by atoms with E-state index in [-0.39, 0.29) is 12.1 Å². The molecular weight excluding hydrogens is 202 g/mol. The van der Waals surface area contributed by atoms with Crippen LogP contribution in [0.15, 0.2) is 30.3 Å². The molecule has 1 atom stereocenters. The number of ether oxygens (including phenoxy) is 1. The molecule has 2 rings (SSSR count). The summed E-state index contributed by atoms with van der Waals surface area (Å²) in [4.78, 5) is 11.6. The van der Waals surface area contributed by atoms with Crippen LogP contribution in [0.1, 0.15) is 26.2 Å². The summed E-state index contributed by atoms with van der Waals surface area (Å²) in [6.45, 7) is 2.09. The number of amides is 1. The third-order valence-corrected chi connectivity index (χ3v) is 2.89. The first kappa shape index (κ1) is 11.0. The number of carbonyl (C=O) groups excluding carboxylic acids is 1. The smallest absolute Gasteiger partial charge is 0.410 e. The second-order valence-corrected chi connectivity index (χ2v) is 4.20. The van der Waals surface area contributed by atoms with Gasteiger partial charge in [0.2, 0.25) is 0 Å². The van der Waals surface area contributed by atoms with Gasteiger partial charge in [-0.1, -0.05) is 25.1 Å². The monoisotopic (exact) mass is 219 g/mol. The summed E-state index contributed by atoms with van der Waals surface area (Å²) in [5, 5.41) is 2.92. The molecule has 86 valence electrons. The normalized spacial score (nSPS) is 16.6. The molecule has 1 saturated carbocycles. The van der Waals surface area contributed by atoms with Crippen molar-refractivity contribution >= 4 is 6.09 Å². The van der Waals surface area contributed by atoms with E-state index in [1.54, 1.807) is 12.1 Å². The molecule has 1 aliphatic carbocycles. The van der Waals surface area contributed by atoms with Gasteiger partial charge in [-0.3, -0.25) is 0 Å². The van der Waals surface area contributed by atoms with Crippen molar-refractivity contribution < 1.29 is 9.53 Å². The molecule has 1 aromatic rings. The van der Waals surface area contributed by atoms with E-state index in [1.165, 1.54) is 12.8 Å². The number of rotatable bonds is 4. The van der Waals surface area contributed by atoms with Gasteiger partial charge in [-0.05, 0) is 37.3 Å². The van der Waals surface area contributed by atoms with Crippen LogP contribution in [0.5, 0.6) is 5.75 Å². The molecule has 0 unspecified atom stereocenters. The van der Waals surface area contributed by atoms with E-state index in [1.807, 2.05) is 18.2 Å². The summed E-state index contributed by atoms with van der Waals surface area (Å²) in [6, 6.07) is 9.41. The minimum atomic E-state index is -0.343. The first-order valence-corrected chi connectivity index (χ1v) is 5.83. The number of hydrogen-bond acceptors (Lipinski definition) is 2. The zero-order valence-corrected chi connectivity index (χ0v) is 9.48. The Morgan fingerprint density at radius 2 is 2.12 bits per heavy atom. The van der Waals surface area contributed by atoms with E-state index in [4.69, 9.17) is 4.74 Å². The number of carbonyl (C=O) groups is 1. The minimum absolute atomic E-state index is 0.274. The van der Waals surface area contributed by atoms with Crippen molar-refractivity contribution in [3.05, 3.63) is 30.3 Å². The fourth-order valence-electron chi connectivity index (χ4n) is 1.83. The molecule has 3 heteroatoms. The number of benzene rings is 1. The van der Waals surface area contributed by atoms with E-state index < -0.39 is 0 Å². The van der Waals surface area contributed by atoms with Crippen molar-refractivity contribution in [2.45, 2.75) is 32.2 Å². The Kier molecular flexibility index (Phi) is 3.44. The fourth-order valence-corrected chi connectivity index (χ4v) is 1.83. The van der Waals surface area contributed by atoms with Crippen LogP contribution in [-0.2, 0) is 0 Å². The quantitative estimate of drug-likeness (QED) is 0.845. The Labute approximate surface area is 95.8 Å². The second kappa shape index (κ2) is 5.01. The van der Waals surface area contributed by atoms with E-state index in [9.17, 15) is 4.79 Å². The Hall–Kier alpha value is -1.51. The standard InChI is InChI=1S/C13H17NO2/c1-2-12(10-8-9-10)14-13(15)16-11-6-4-3-5-7-11/h3-7,10,12H,2,8-9H2,1H3,(H,14,15)/t12-/m1/s1. The van der Waals surface area contributed by atoms with Crippen LogP contribution in [0.25, 0.3) is 0 Å². The van der Waals surface area contributed by atoms with E-state index >= 15 is 0 Å². The lowest BCUT2D eigenvalue weighted by Crippen LogP contribution is -2.37. The summed E-state index contributed by atoms with van der Waals surface area (Å²) in [5.74, 6) is 1.25. The highest BCUT2D eigenvalue weighted by atomic mass is 16.6. The Bertz CT molecular complexity index is 346. The van der Waals surface area contributed by atoms with Crippen molar-refractivity contribution in [2.24, 2.45) is 5.92 Å². The van der Waals surface area contributed by atoms with Crippen LogP contribution in [0.2, 0.25) is 0 Å². The van der Waals surface area contributed by atoms with Gasteiger partial charge in [0.25, 0.3) is 0 Å². The summed E-state index contributed by atoms with van der Waals surface area (Å²) >= 11 is 0. The molecule has 0 aromatic heterocycles. The maximum atomic E-state index is 11.6. The van der Waals surface area contributed by atoms with Crippen LogP contribution in [0.3, 0.4) is 0 Å². The number of para-hydroxylation sites is 1. The van der Waals surface area contributed by atoms with Crippen LogP contribution < -0.4 is 10.1 Å². The molecule has 1 amide bonds. The maximum absolute atomic E-state index is 11.6. The molecule has 1 aliphatic rings. The van der Waals surface area contributed by atoms with Gasteiger partial charge in [-0.15, -0.1) is 0 Å². The van der Waals surface area contributed by atoms with Crippen molar-refractivity contribution in [2.75, 3.05) is 0 Å². The highest BCUT2D eigenvalue weighted by Crippen LogP contribution is 2.33. The SMILES string of the molecule is CC[C@@H](NC(=O)Oc1ccccc1)C1CC1. The largest absolute Gasteiger partial charge is 0.412 e. The van der Waals surface area contributed by atoms with Gasteiger partial charge >= 0.3 is 6.09 Å². The predicted octanol–water partition coefficient (Wildman–Crippen LogP) is 2.96. The number of hydrogen-bond donors (Lipinski definition) is 1. The Balaban J connectivity index is 1.83. The zero-order valence-electron chi connectivity index (χ0n) is 9.48. The predicted molar refractivity (Wildman–Crippen MR) is 62.4 cm³/mol. The first-order chi connectivity index (χ1) is 7.79. The fraction of sp³-hybridized carbons (Fsp3) is 0.462. The maximum Gasteiger partial charge on any atom is 0.412 e. The van der Waals surface area contributed by atoms with Crippen LogP contribution >= 0.6 is 0 Å². The lowest BCUT2D eigenvalue weighted by Gasteiger charge is -2.15. The minimum Gasteiger partial charge on any atom is -0.410 e. The number of nitrogens with one attached hydrogen (secondary N) is 1. The third kappa shape index (κ3) is 2.99. The topological polar surface area (TPSA) is 38.3 Å². The van der Waals surface area contributed by atoms with Crippen LogP contribution in [0.4, 0.5) is 4.79 Å². The van der Waals surface area contributed by atoms with Crippen LogP contribution in [-0.4, -0.2) is 12.1 Å². The van der Waals surface area contributed by atoms with Gasteiger partial charge in [0.05, 0.1) is 0 Å². The lowest BCUT2D eigenvalue weighted by atomic mass is 10.1. The van der Waals surface area contributed by atoms with Gasteiger partial charge in [-0.25, -0.2) is 4.79 Å². The van der Waals surface area contributed by atoms with Crippen molar-refractivity contribution in [3.63, 3.8) is 0 Å². The summed E-state index contributed by atoms with van der Waals surface area (Å²) in [6.07, 6.45) is 3.08. The van der Waals surface area contributed by atoms with Gasteiger partial charge in [0, 0.05) is 6.04 Å². The molecule has 1 fully saturated rings. The Morgan fingerprint density at radius 1 is 1.44 bits per heavy atom. The van der Waals surface area contributed by atoms with Crippen LogP contribution in [0, 0.1) is 5.92 Å². The van der Waals surface area contributed by atoms with Crippen molar-refractivity contribution in [1.29, 1.82) is 0 Å². The summed E-state index contributed by atoms with van der Waals surface area (Å²) < 4.78 is 5.17. The van der Waals surface area contributed by atoms with Crippen molar-refractivity contribution in [1.82, 2.24) is 5.32 Å². The molecule has 16 heavy (non-hydrogen) atoms. The molecule has 0 radical (unpaired) electrons. The molecule has 3 nitrogen and oxygen atoms in total. The summed E-state index contributed by atoms with van der Waals surface area (Å²) in [5.41, 5.74) is 0. The zero-order chi connectivity index (χ0) is 11.4. The van der Waals surface area contributed by atoms with Gasteiger partial charge in [-0.2, -0.15) is 0 Å². The molecule has 1 aromatic carbocycles. The molecule has 0 bridgehead atoms. The molecular formula is C13H17NO2. The molecule has 0 heterocycles. The van der Waals surface area contributed by atoms with E-state index in [0.717, 1.165) is 6.42 Å². The average Bonchev–Trinajstić information content (AvgIpc) is 3.11. The van der Waals surface area contributed by atoms with Gasteiger partial charge < -0.3 is 10.1 Å². The molecule has 0 aliphatic heterocycles. The lowest BCUT2D eigenvalue weighted by molar-refractivity contribution is 0.194. The van der Waals surface area contributed by atoms with E-state index in [0.29, 0.717) is 11.7 Å². The molecule has 0 spiro atoms. The molecule has 1 N–H and O–H groups in total. The van der Waals surface area contributed by atoms with Crippen molar-refractivity contribution in [3.8, 4) is 5.75 Å². The second-order valence-electron chi connectivity index (χ2n) is 4.20. The van der Waals surface area contributed by atoms with E-state index in [2.05, 4.69) is 12.2 Å². The summed E-state index contributed by atoms with van der Waals surface area (Å²) in [7, 11) is 0. The highest BCUT2D eigenvalue weighted by Gasteiger charge is 2.31. The first-order valence-electron chi connectivity index (χ1n) is 5.83. The van der Waals surface area contributed by atoms with Gasteiger partial charge in [0.1, 0.15) is 5.75 Å². The molecule has 0 saturated heterocycles.